The van der Waals surface area contributed by atoms with Crippen LogP contribution in [0.15, 0.2) is 12.1 Å². The van der Waals surface area contributed by atoms with Crippen molar-refractivity contribution < 1.29 is 14.2 Å². The molecule has 0 aromatic heterocycles. The lowest BCUT2D eigenvalue weighted by Crippen LogP contribution is -2.14. The fourth-order valence-corrected chi connectivity index (χ4v) is 1.59. The van der Waals surface area contributed by atoms with Crippen molar-refractivity contribution >= 4 is 0 Å². The minimum atomic E-state index is -0.472. The maximum atomic E-state index is 8.88. The van der Waals surface area contributed by atoms with Crippen molar-refractivity contribution in [3.63, 3.8) is 0 Å². The maximum Gasteiger partial charge on any atom is 0.231 e. The van der Waals surface area contributed by atoms with E-state index in [-0.39, 0.29) is 6.79 Å². The lowest BCUT2D eigenvalue weighted by Gasteiger charge is -2.14. The summed E-state index contributed by atoms with van der Waals surface area (Å²) in [4.78, 5) is 0. The Hall–Kier alpha value is -1.93. The molecule has 1 aliphatic rings. The zero-order valence-corrected chi connectivity index (χ0v) is 9.60. The Morgan fingerprint density at radius 3 is 2.76 bits per heavy atom. The van der Waals surface area contributed by atoms with Gasteiger partial charge in [-0.3, -0.25) is 0 Å². The van der Waals surface area contributed by atoms with Gasteiger partial charge in [0, 0.05) is 18.2 Å². The summed E-state index contributed by atoms with van der Waals surface area (Å²) in [5.41, 5.74) is 6.45. The number of nitrogens with two attached hydrogens (primary N) is 1. The Morgan fingerprint density at radius 2 is 2.18 bits per heavy atom. The first kappa shape index (κ1) is 11.6. The lowest BCUT2D eigenvalue weighted by molar-refractivity contribution is 0.173. The molecule has 0 saturated heterocycles. The molecule has 1 aromatic rings. The molecule has 1 unspecified atom stereocenters. The first-order valence-corrected chi connectivity index (χ1v) is 5.47. The predicted molar refractivity (Wildman–Crippen MR) is 60.8 cm³/mol. The highest BCUT2D eigenvalue weighted by Crippen LogP contribution is 2.38. The second-order valence-corrected chi connectivity index (χ2v) is 3.66. The molecule has 2 N–H and O–H groups in total. The molecule has 0 fully saturated rings. The largest absolute Gasteiger partial charge is 0.475 e. The third-order valence-corrected chi connectivity index (χ3v) is 2.56. The number of nitrogens with zero attached hydrogens (tertiary/aromatic N) is 1. The van der Waals surface area contributed by atoms with E-state index >= 15 is 0 Å². The Balaban J connectivity index is 2.30. The Bertz CT molecular complexity index is 454. The monoisotopic (exact) mass is 234 g/mol. The summed E-state index contributed by atoms with van der Waals surface area (Å²) in [6.07, 6.45) is 0.148. The van der Waals surface area contributed by atoms with Crippen LogP contribution in [0, 0.1) is 11.3 Å². The van der Waals surface area contributed by atoms with Gasteiger partial charge in [0.25, 0.3) is 0 Å². The van der Waals surface area contributed by atoms with Gasteiger partial charge >= 0.3 is 0 Å². The number of benzene rings is 1. The van der Waals surface area contributed by atoms with Crippen molar-refractivity contribution in [3.05, 3.63) is 17.7 Å². The van der Waals surface area contributed by atoms with Crippen LogP contribution in [0.4, 0.5) is 0 Å². The van der Waals surface area contributed by atoms with Gasteiger partial charge in [-0.25, -0.2) is 0 Å². The van der Waals surface area contributed by atoms with E-state index in [9.17, 15) is 0 Å². The van der Waals surface area contributed by atoms with Gasteiger partial charge in [0.15, 0.2) is 17.6 Å². The van der Waals surface area contributed by atoms with Crippen LogP contribution in [0.3, 0.4) is 0 Å². The van der Waals surface area contributed by atoms with Gasteiger partial charge in [0.1, 0.15) is 11.8 Å². The molecule has 17 heavy (non-hydrogen) atoms. The van der Waals surface area contributed by atoms with Crippen LogP contribution in [0.1, 0.15) is 18.9 Å². The van der Waals surface area contributed by atoms with Crippen LogP contribution < -0.4 is 19.9 Å². The molecule has 90 valence electrons. The summed E-state index contributed by atoms with van der Waals surface area (Å²) in [5, 5.41) is 8.88. The van der Waals surface area contributed by atoms with Crippen LogP contribution in [-0.4, -0.2) is 12.9 Å². The van der Waals surface area contributed by atoms with Crippen molar-refractivity contribution in [2.24, 2.45) is 5.73 Å². The van der Waals surface area contributed by atoms with Crippen LogP contribution in [0.5, 0.6) is 17.2 Å². The van der Waals surface area contributed by atoms with Crippen LogP contribution in [0.25, 0.3) is 0 Å². The van der Waals surface area contributed by atoms with Crippen molar-refractivity contribution in [2.75, 3.05) is 6.79 Å². The second-order valence-electron chi connectivity index (χ2n) is 3.66. The van der Waals surface area contributed by atoms with Crippen molar-refractivity contribution in [1.29, 1.82) is 5.26 Å². The van der Waals surface area contributed by atoms with Crippen molar-refractivity contribution in [1.82, 2.24) is 0 Å². The highest BCUT2D eigenvalue weighted by Gasteiger charge is 2.19. The summed E-state index contributed by atoms with van der Waals surface area (Å²) in [5.74, 6) is 1.89. The number of rotatable bonds is 4. The summed E-state index contributed by atoms with van der Waals surface area (Å²) < 4.78 is 16.1. The predicted octanol–water partition coefficient (Wildman–Crippen LogP) is 1.55. The van der Waals surface area contributed by atoms with Gasteiger partial charge in [-0.2, -0.15) is 5.26 Å². The number of nitriles is 1. The highest BCUT2D eigenvalue weighted by molar-refractivity contribution is 5.52. The highest BCUT2D eigenvalue weighted by atomic mass is 16.7. The van der Waals surface area contributed by atoms with E-state index in [1.54, 1.807) is 12.1 Å². The lowest BCUT2D eigenvalue weighted by atomic mass is 10.1. The third kappa shape index (κ3) is 2.27. The quantitative estimate of drug-likeness (QED) is 0.855. The van der Waals surface area contributed by atoms with E-state index in [2.05, 4.69) is 6.07 Å². The summed E-state index contributed by atoms with van der Waals surface area (Å²) >= 11 is 0. The molecule has 1 heterocycles. The van der Waals surface area contributed by atoms with Crippen molar-refractivity contribution in [2.45, 2.75) is 26.0 Å². The van der Waals surface area contributed by atoms with E-state index in [0.717, 1.165) is 5.56 Å². The average molecular weight is 234 g/mol. The number of ether oxygens (including phenoxy) is 3. The number of hydrogen-bond donors (Lipinski definition) is 1. The number of hydrogen-bond acceptors (Lipinski definition) is 5. The van der Waals surface area contributed by atoms with Crippen LogP contribution in [-0.2, 0) is 6.54 Å². The van der Waals surface area contributed by atoms with E-state index in [1.807, 2.05) is 6.92 Å². The molecule has 1 atom stereocenters. The van der Waals surface area contributed by atoms with Gasteiger partial charge < -0.3 is 19.9 Å². The molecule has 1 aliphatic heterocycles. The topological polar surface area (TPSA) is 77.5 Å². The Kier molecular flexibility index (Phi) is 3.35. The molecule has 1 aromatic carbocycles. The van der Waals surface area contributed by atoms with E-state index in [0.29, 0.717) is 30.2 Å². The van der Waals surface area contributed by atoms with Gasteiger partial charge in [-0.1, -0.05) is 6.92 Å². The Labute approximate surface area is 99.7 Å². The minimum Gasteiger partial charge on any atom is -0.475 e. The summed E-state index contributed by atoms with van der Waals surface area (Å²) in [7, 11) is 0. The summed E-state index contributed by atoms with van der Waals surface area (Å²) in [6, 6.07) is 5.60. The smallest absolute Gasteiger partial charge is 0.231 e. The van der Waals surface area contributed by atoms with Crippen molar-refractivity contribution in [3.8, 4) is 23.3 Å². The third-order valence-electron chi connectivity index (χ3n) is 2.56. The molecule has 5 nitrogen and oxygen atoms in total. The van der Waals surface area contributed by atoms with Gasteiger partial charge in [-0.15, -0.1) is 0 Å². The molecule has 2 rings (SSSR count). The van der Waals surface area contributed by atoms with Gasteiger partial charge in [0.05, 0.1) is 0 Å². The standard InChI is InChI=1S/C12H14N2O3/c1-2-9(6-14)17-10-4-12-11(15-7-16-12)3-8(10)5-13/h3-4,9H,2,5,7,13H2,1H3. The van der Waals surface area contributed by atoms with E-state index < -0.39 is 6.10 Å². The molecular formula is C12H14N2O3. The number of fused-ring (bicyclic) bond motifs is 1. The zero-order valence-electron chi connectivity index (χ0n) is 9.60. The van der Waals surface area contributed by atoms with Crippen LogP contribution in [0.2, 0.25) is 0 Å². The van der Waals surface area contributed by atoms with E-state index in [1.165, 1.54) is 0 Å². The minimum absolute atomic E-state index is 0.207. The fraction of sp³-hybridized carbons (Fsp3) is 0.417. The summed E-state index contributed by atoms with van der Waals surface area (Å²) in [6.45, 7) is 2.43. The zero-order chi connectivity index (χ0) is 12.3. The van der Waals surface area contributed by atoms with E-state index in [4.69, 9.17) is 25.2 Å². The maximum absolute atomic E-state index is 8.88. The molecule has 5 heteroatoms. The fourth-order valence-electron chi connectivity index (χ4n) is 1.59. The Morgan fingerprint density at radius 1 is 1.47 bits per heavy atom. The second kappa shape index (κ2) is 4.93. The van der Waals surface area contributed by atoms with Crippen LogP contribution >= 0.6 is 0 Å². The molecule has 0 spiro atoms. The molecule has 0 aliphatic carbocycles. The molecule has 0 amide bonds. The SMILES string of the molecule is CCC(C#N)Oc1cc2c(cc1CN)OCO2. The molecular weight excluding hydrogens is 220 g/mol. The molecule has 0 bridgehead atoms. The molecule has 0 saturated carbocycles. The first-order valence-electron chi connectivity index (χ1n) is 5.47. The normalized spacial score (nSPS) is 14.2. The van der Waals surface area contributed by atoms with Gasteiger partial charge in [-0.05, 0) is 12.5 Å². The average Bonchev–Trinajstić information content (AvgIpc) is 2.81. The van der Waals surface area contributed by atoms with Gasteiger partial charge in [0.2, 0.25) is 6.79 Å². The molecule has 0 radical (unpaired) electrons. The first-order chi connectivity index (χ1) is 8.28.